The highest BCUT2D eigenvalue weighted by molar-refractivity contribution is 5.74. The number of ether oxygens (including phenoxy) is 3. The zero-order valence-corrected chi connectivity index (χ0v) is 15.6. The highest BCUT2D eigenvalue weighted by atomic mass is 16.5. The smallest absolute Gasteiger partial charge is 0.307 e. The first-order chi connectivity index (χ1) is 11.3. The number of benzene rings is 1. The van der Waals surface area contributed by atoms with E-state index in [1.54, 1.807) is 14.2 Å². The van der Waals surface area contributed by atoms with Crippen molar-refractivity contribution in [3.8, 4) is 11.5 Å². The number of hydrogen-bond donors (Lipinski definition) is 0. The molecule has 1 aromatic rings. The average molecular weight is 332 g/mol. The molecule has 1 atom stereocenters. The summed E-state index contributed by atoms with van der Waals surface area (Å²) in [7, 11) is 3.27. The summed E-state index contributed by atoms with van der Waals surface area (Å²) < 4.78 is 16.5. The molecule has 2 rings (SSSR count). The SMILES string of the molecule is CCOC(=O)C[C@]1(c2cc(C)cc(OC)c2OC)C=CCC1(C)C. The van der Waals surface area contributed by atoms with Gasteiger partial charge < -0.3 is 14.2 Å². The fourth-order valence-corrected chi connectivity index (χ4v) is 3.68. The Bertz CT molecular complexity index is 645. The van der Waals surface area contributed by atoms with Crippen LogP contribution in [0.15, 0.2) is 24.3 Å². The maximum absolute atomic E-state index is 12.4. The summed E-state index contributed by atoms with van der Waals surface area (Å²) in [5.74, 6) is 1.18. The Morgan fingerprint density at radius 2 is 1.92 bits per heavy atom. The van der Waals surface area contributed by atoms with Crippen molar-refractivity contribution in [1.29, 1.82) is 0 Å². The van der Waals surface area contributed by atoms with Gasteiger partial charge in [0.05, 0.1) is 27.2 Å². The van der Waals surface area contributed by atoms with Crippen LogP contribution in [0.25, 0.3) is 0 Å². The van der Waals surface area contributed by atoms with Crippen LogP contribution in [0.1, 0.15) is 44.7 Å². The van der Waals surface area contributed by atoms with E-state index in [4.69, 9.17) is 14.2 Å². The summed E-state index contributed by atoms with van der Waals surface area (Å²) in [5, 5.41) is 0. The predicted molar refractivity (Wildman–Crippen MR) is 94.7 cm³/mol. The Hall–Kier alpha value is -1.97. The van der Waals surface area contributed by atoms with Crippen LogP contribution in [-0.2, 0) is 14.9 Å². The fourth-order valence-electron chi connectivity index (χ4n) is 3.68. The fraction of sp³-hybridized carbons (Fsp3) is 0.550. The topological polar surface area (TPSA) is 44.8 Å². The number of hydrogen-bond acceptors (Lipinski definition) is 4. The van der Waals surface area contributed by atoms with Crippen molar-refractivity contribution >= 4 is 5.97 Å². The number of allylic oxidation sites excluding steroid dienone is 2. The molecule has 0 N–H and O–H groups in total. The molecule has 132 valence electrons. The second-order valence-electron chi connectivity index (χ2n) is 6.99. The zero-order valence-electron chi connectivity index (χ0n) is 15.6. The molecule has 0 saturated heterocycles. The van der Waals surface area contributed by atoms with Crippen LogP contribution >= 0.6 is 0 Å². The van der Waals surface area contributed by atoms with Gasteiger partial charge in [0.2, 0.25) is 0 Å². The van der Waals surface area contributed by atoms with E-state index in [1.807, 2.05) is 19.9 Å². The van der Waals surface area contributed by atoms with E-state index in [1.165, 1.54) is 0 Å². The van der Waals surface area contributed by atoms with Crippen molar-refractivity contribution in [3.05, 3.63) is 35.4 Å². The van der Waals surface area contributed by atoms with E-state index in [0.29, 0.717) is 18.1 Å². The van der Waals surface area contributed by atoms with Crippen LogP contribution < -0.4 is 9.47 Å². The molecule has 0 unspecified atom stereocenters. The lowest BCUT2D eigenvalue weighted by molar-refractivity contribution is -0.145. The molecular formula is C20H28O4. The number of esters is 1. The molecule has 1 aliphatic carbocycles. The summed E-state index contributed by atoms with van der Waals surface area (Å²) in [6.07, 6.45) is 5.47. The third-order valence-corrected chi connectivity index (χ3v) is 5.07. The monoisotopic (exact) mass is 332 g/mol. The van der Waals surface area contributed by atoms with Crippen LogP contribution in [0.2, 0.25) is 0 Å². The first-order valence-electron chi connectivity index (χ1n) is 8.37. The highest BCUT2D eigenvalue weighted by Crippen LogP contribution is 2.56. The number of rotatable bonds is 6. The zero-order chi connectivity index (χ0) is 18.0. The van der Waals surface area contributed by atoms with E-state index in [2.05, 4.69) is 32.1 Å². The van der Waals surface area contributed by atoms with Crippen LogP contribution in [0.3, 0.4) is 0 Å². The molecule has 1 aliphatic rings. The van der Waals surface area contributed by atoms with E-state index >= 15 is 0 Å². The number of carbonyl (C=O) groups excluding carboxylic acids is 1. The molecule has 24 heavy (non-hydrogen) atoms. The summed E-state index contributed by atoms with van der Waals surface area (Å²) in [6, 6.07) is 4.05. The van der Waals surface area contributed by atoms with E-state index in [9.17, 15) is 4.79 Å². The third kappa shape index (κ3) is 3.02. The summed E-state index contributed by atoms with van der Waals surface area (Å²) in [5.41, 5.74) is 1.44. The molecule has 0 saturated carbocycles. The van der Waals surface area contributed by atoms with Crippen molar-refractivity contribution in [1.82, 2.24) is 0 Å². The normalized spacial score (nSPS) is 21.6. The molecule has 0 fully saturated rings. The second kappa shape index (κ2) is 6.88. The molecule has 0 aromatic heterocycles. The maximum Gasteiger partial charge on any atom is 0.307 e. The first-order valence-corrected chi connectivity index (χ1v) is 8.37. The molecule has 0 spiro atoms. The van der Waals surface area contributed by atoms with Crippen LogP contribution in [0.4, 0.5) is 0 Å². The average Bonchev–Trinajstić information content (AvgIpc) is 2.81. The first kappa shape index (κ1) is 18.4. The van der Waals surface area contributed by atoms with Gasteiger partial charge in [-0.1, -0.05) is 32.1 Å². The molecule has 1 aromatic carbocycles. The molecule has 0 amide bonds. The lowest BCUT2D eigenvalue weighted by Gasteiger charge is -2.42. The van der Waals surface area contributed by atoms with Crippen molar-refractivity contribution < 1.29 is 19.0 Å². The Balaban J connectivity index is 2.67. The molecule has 0 aliphatic heterocycles. The van der Waals surface area contributed by atoms with Gasteiger partial charge in [0.25, 0.3) is 0 Å². The molecule has 0 bridgehead atoms. The Morgan fingerprint density at radius 3 is 2.42 bits per heavy atom. The van der Waals surface area contributed by atoms with Crippen LogP contribution in [0.5, 0.6) is 11.5 Å². The van der Waals surface area contributed by atoms with Gasteiger partial charge in [-0.3, -0.25) is 4.79 Å². The Labute approximate surface area is 144 Å². The van der Waals surface area contributed by atoms with Crippen molar-refractivity contribution in [3.63, 3.8) is 0 Å². The molecule has 0 heterocycles. The quantitative estimate of drug-likeness (QED) is 0.579. The molecular weight excluding hydrogens is 304 g/mol. The predicted octanol–water partition coefficient (Wildman–Crippen LogP) is 4.19. The van der Waals surface area contributed by atoms with E-state index < -0.39 is 5.41 Å². The minimum absolute atomic E-state index is 0.133. The third-order valence-electron chi connectivity index (χ3n) is 5.07. The largest absolute Gasteiger partial charge is 0.493 e. The van der Waals surface area contributed by atoms with Gasteiger partial charge in [-0.05, 0) is 37.3 Å². The van der Waals surface area contributed by atoms with Crippen LogP contribution in [-0.4, -0.2) is 26.8 Å². The minimum Gasteiger partial charge on any atom is -0.493 e. The van der Waals surface area contributed by atoms with Crippen LogP contribution in [0, 0.1) is 12.3 Å². The number of aryl methyl sites for hydroxylation is 1. The highest BCUT2D eigenvalue weighted by Gasteiger charge is 2.50. The van der Waals surface area contributed by atoms with E-state index in [0.717, 1.165) is 17.5 Å². The van der Waals surface area contributed by atoms with Gasteiger partial charge in [0.15, 0.2) is 11.5 Å². The van der Waals surface area contributed by atoms with Crippen molar-refractivity contribution in [2.24, 2.45) is 5.41 Å². The van der Waals surface area contributed by atoms with Crippen molar-refractivity contribution in [2.75, 3.05) is 20.8 Å². The van der Waals surface area contributed by atoms with Gasteiger partial charge >= 0.3 is 5.97 Å². The number of carbonyl (C=O) groups is 1. The number of methoxy groups -OCH3 is 2. The van der Waals surface area contributed by atoms with Gasteiger partial charge in [-0.15, -0.1) is 0 Å². The minimum atomic E-state index is -0.482. The summed E-state index contributed by atoms with van der Waals surface area (Å²) >= 11 is 0. The molecule has 0 radical (unpaired) electrons. The van der Waals surface area contributed by atoms with Gasteiger partial charge in [-0.25, -0.2) is 0 Å². The Morgan fingerprint density at radius 1 is 1.21 bits per heavy atom. The Kier molecular flexibility index (Phi) is 5.26. The molecule has 4 heteroatoms. The lowest BCUT2D eigenvalue weighted by atomic mass is 9.61. The maximum atomic E-state index is 12.4. The summed E-state index contributed by atoms with van der Waals surface area (Å²) in [4.78, 5) is 12.4. The second-order valence-corrected chi connectivity index (χ2v) is 6.99. The van der Waals surface area contributed by atoms with Gasteiger partial charge in [0.1, 0.15) is 0 Å². The van der Waals surface area contributed by atoms with Gasteiger partial charge in [-0.2, -0.15) is 0 Å². The van der Waals surface area contributed by atoms with Crippen molar-refractivity contribution in [2.45, 2.75) is 46.0 Å². The van der Waals surface area contributed by atoms with E-state index in [-0.39, 0.29) is 17.8 Å². The van der Waals surface area contributed by atoms with Gasteiger partial charge in [0, 0.05) is 11.0 Å². The standard InChI is InChI=1S/C20H28O4/c1-7-24-17(21)13-20(10-8-9-19(20,3)4)15-11-14(2)12-16(22-5)18(15)23-6/h8,10-12H,7,9,13H2,1-6H3/t20-/m0/s1. The summed E-state index contributed by atoms with van der Waals surface area (Å²) in [6.45, 7) is 8.60. The molecule has 4 nitrogen and oxygen atoms in total. The lowest BCUT2D eigenvalue weighted by Crippen LogP contribution is -2.40.